The first-order valence-electron chi connectivity index (χ1n) is 7.29. The van der Waals surface area contributed by atoms with Crippen LogP contribution in [-0.2, 0) is 17.6 Å². The van der Waals surface area contributed by atoms with Crippen molar-refractivity contribution in [1.29, 1.82) is 0 Å². The lowest BCUT2D eigenvalue weighted by Gasteiger charge is -2.11. The number of hydrogen-bond donors (Lipinski definition) is 0. The van der Waals surface area contributed by atoms with Crippen molar-refractivity contribution in [2.45, 2.75) is 59.3 Å². The summed E-state index contributed by atoms with van der Waals surface area (Å²) in [6.45, 7) is 6.20. The summed E-state index contributed by atoms with van der Waals surface area (Å²) in [6.07, 6.45) is 4.22. The van der Waals surface area contributed by atoms with Crippen LogP contribution in [0.4, 0.5) is 0 Å². The molecule has 0 aliphatic rings. The summed E-state index contributed by atoms with van der Waals surface area (Å²) in [5.74, 6) is 0.0454. The van der Waals surface area contributed by atoms with Crippen LogP contribution in [0.3, 0.4) is 0 Å². The molecule has 0 aliphatic heterocycles. The van der Waals surface area contributed by atoms with Gasteiger partial charge in [0.05, 0.1) is 6.42 Å². The highest BCUT2D eigenvalue weighted by Gasteiger charge is 2.15. The molecule has 0 radical (unpaired) electrons. The Bertz CT molecular complexity index is 447. The Morgan fingerprint density at radius 3 is 2.37 bits per heavy atom. The van der Waals surface area contributed by atoms with E-state index in [1.54, 1.807) is 0 Å². The number of benzene rings is 1. The average Bonchev–Trinajstić information content (AvgIpc) is 2.43. The van der Waals surface area contributed by atoms with E-state index in [1.807, 2.05) is 12.1 Å². The van der Waals surface area contributed by atoms with E-state index in [0.717, 1.165) is 36.8 Å². The van der Waals surface area contributed by atoms with Crippen LogP contribution in [0.15, 0.2) is 18.2 Å². The van der Waals surface area contributed by atoms with Gasteiger partial charge in [0.15, 0.2) is 5.78 Å². The van der Waals surface area contributed by atoms with Gasteiger partial charge in [-0.1, -0.05) is 45.4 Å². The second kappa shape index (κ2) is 7.88. The molecule has 0 saturated heterocycles. The maximum absolute atomic E-state index is 12.2. The van der Waals surface area contributed by atoms with Crippen LogP contribution >= 0.6 is 0 Å². The van der Waals surface area contributed by atoms with Crippen LogP contribution in [0.1, 0.15) is 67.9 Å². The largest absolute Gasteiger partial charge is 0.299 e. The van der Waals surface area contributed by atoms with E-state index < -0.39 is 0 Å². The van der Waals surface area contributed by atoms with Crippen molar-refractivity contribution in [2.24, 2.45) is 0 Å². The zero-order chi connectivity index (χ0) is 14.3. The summed E-state index contributed by atoms with van der Waals surface area (Å²) in [4.78, 5) is 24.0. The molecular formula is C17H24O2. The fraction of sp³-hybridized carbons (Fsp3) is 0.529. The number of rotatable bonds is 8. The third-order valence-electron chi connectivity index (χ3n) is 3.47. The van der Waals surface area contributed by atoms with E-state index in [1.165, 1.54) is 5.56 Å². The minimum absolute atomic E-state index is 0.0201. The number of hydrogen-bond acceptors (Lipinski definition) is 2. The second-order valence-electron chi connectivity index (χ2n) is 4.89. The van der Waals surface area contributed by atoms with Crippen molar-refractivity contribution in [1.82, 2.24) is 0 Å². The van der Waals surface area contributed by atoms with Crippen LogP contribution in [-0.4, -0.2) is 11.6 Å². The molecule has 0 N–H and O–H groups in total. The molecule has 0 heterocycles. The second-order valence-corrected chi connectivity index (χ2v) is 4.89. The maximum Gasteiger partial charge on any atom is 0.170 e. The van der Waals surface area contributed by atoms with E-state index in [0.29, 0.717) is 6.42 Å². The molecule has 0 amide bonds. The summed E-state index contributed by atoms with van der Waals surface area (Å²) in [5.41, 5.74) is 3.07. The molecule has 0 saturated carbocycles. The van der Waals surface area contributed by atoms with Crippen molar-refractivity contribution < 1.29 is 9.59 Å². The molecule has 1 rings (SSSR count). The average molecular weight is 260 g/mol. The maximum atomic E-state index is 12.2. The van der Waals surface area contributed by atoms with Crippen molar-refractivity contribution in [2.75, 3.05) is 0 Å². The van der Waals surface area contributed by atoms with Gasteiger partial charge in [-0.15, -0.1) is 0 Å². The van der Waals surface area contributed by atoms with Crippen molar-refractivity contribution in [3.8, 4) is 0 Å². The zero-order valence-electron chi connectivity index (χ0n) is 12.3. The van der Waals surface area contributed by atoms with Gasteiger partial charge >= 0.3 is 0 Å². The number of Topliss-reactive ketones (excluding diaryl/α,β-unsaturated/α-hetero) is 2. The Balaban J connectivity index is 2.85. The van der Waals surface area contributed by atoms with Crippen molar-refractivity contribution in [3.63, 3.8) is 0 Å². The van der Waals surface area contributed by atoms with E-state index in [-0.39, 0.29) is 18.0 Å². The molecule has 1 aromatic rings. The molecular weight excluding hydrogens is 236 g/mol. The third kappa shape index (κ3) is 4.30. The Hall–Kier alpha value is -1.44. The van der Waals surface area contributed by atoms with Crippen LogP contribution in [0, 0.1) is 0 Å². The van der Waals surface area contributed by atoms with Crippen LogP contribution in [0.5, 0.6) is 0 Å². The predicted octanol–water partition coefficient (Wildman–Crippen LogP) is 4.14. The number of carbonyl (C=O) groups excluding carboxylic acids is 2. The fourth-order valence-electron chi connectivity index (χ4n) is 2.38. The van der Waals surface area contributed by atoms with Gasteiger partial charge < -0.3 is 0 Å². The van der Waals surface area contributed by atoms with E-state index in [9.17, 15) is 9.59 Å². The van der Waals surface area contributed by atoms with Gasteiger partial charge in [-0.2, -0.15) is 0 Å². The fourth-order valence-corrected chi connectivity index (χ4v) is 2.38. The predicted molar refractivity (Wildman–Crippen MR) is 78.7 cm³/mol. The molecule has 2 nitrogen and oxygen atoms in total. The molecule has 0 bridgehead atoms. The summed E-state index contributed by atoms with van der Waals surface area (Å²) in [5, 5.41) is 0. The lowest BCUT2D eigenvalue weighted by molar-refractivity contribution is -0.118. The van der Waals surface area contributed by atoms with Gasteiger partial charge in [-0.25, -0.2) is 0 Å². The lowest BCUT2D eigenvalue weighted by atomic mass is 9.92. The monoisotopic (exact) mass is 260 g/mol. The van der Waals surface area contributed by atoms with Gasteiger partial charge in [-0.05, 0) is 30.4 Å². The van der Waals surface area contributed by atoms with Gasteiger partial charge in [0.2, 0.25) is 0 Å². The van der Waals surface area contributed by atoms with Gasteiger partial charge in [0.25, 0.3) is 0 Å². The Morgan fingerprint density at radius 2 is 1.79 bits per heavy atom. The molecule has 0 aromatic heterocycles. The van der Waals surface area contributed by atoms with E-state index >= 15 is 0 Å². The highest BCUT2D eigenvalue weighted by Crippen LogP contribution is 2.18. The SMILES string of the molecule is CCCCC(=O)CC(=O)c1cccc(CC)c1CC. The minimum Gasteiger partial charge on any atom is -0.299 e. The Morgan fingerprint density at radius 1 is 1.05 bits per heavy atom. The molecule has 2 heteroatoms. The number of carbonyl (C=O) groups is 2. The normalized spacial score (nSPS) is 10.5. The molecule has 19 heavy (non-hydrogen) atoms. The topological polar surface area (TPSA) is 34.1 Å². The molecule has 0 unspecified atom stereocenters. The summed E-state index contributed by atoms with van der Waals surface area (Å²) in [7, 11) is 0. The highest BCUT2D eigenvalue weighted by atomic mass is 16.1. The van der Waals surface area contributed by atoms with Gasteiger partial charge in [0, 0.05) is 12.0 Å². The molecule has 0 aliphatic carbocycles. The zero-order valence-corrected chi connectivity index (χ0v) is 12.3. The van der Waals surface area contributed by atoms with E-state index in [4.69, 9.17) is 0 Å². The first-order valence-corrected chi connectivity index (χ1v) is 7.29. The summed E-state index contributed by atoms with van der Waals surface area (Å²) in [6, 6.07) is 5.84. The first-order chi connectivity index (χ1) is 9.13. The van der Waals surface area contributed by atoms with Crippen LogP contribution in [0.2, 0.25) is 0 Å². The molecule has 0 spiro atoms. The van der Waals surface area contributed by atoms with Crippen LogP contribution in [0.25, 0.3) is 0 Å². The standard InChI is InChI=1S/C17H24O2/c1-4-7-10-14(18)12-17(19)16-11-8-9-13(5-2)15(16)6-3/h8-9,11H,4-7,10,12H2,1-3H3. The Labute approximate surface area is 116 Å². The lowest BCUT2D eigenvalue weighted by Crippen LogP contribution is -2.11. The van der Waals surface area contributed by atoms with Gasteiger partial charge in [-0.3, -0.25) is 9.59 Å². The first kappa shape index (κ1) is 15.6. The number of unbranched alkanes of at least 4 members (excludes halogenated alkanes) is 1. The smallest absolute Gasteiger partial charge is 0.170 e. The van der Waals surface area contributed by atoms with Crippen molar-refractivity contribution in [3.05, 3.63) is 34.9 Å². The summed E-state index contributed by atoms with van der Waals surface area (Å²) >= 11 is 0. The molecule has 1 aromatic carbocycles. The molecule has 0 fully saturated rings. The van der Waals surface area contributed by atoms with Gasteiger partial charge in [0.1, 0.15) is 5.78 Å². The third-order valence-corrected chi connectivity index (χ3v) is 3.47. The quantitative estimate of drug-likeness (QED) is 0.520. The Kier molecular flexibility index (Phi) is 6.48. The summed E-state index contributed by atoms with van der Waals surface area (Å²) < 4.78 is 0. The van der Waals surface area contributed by atoms with Crippen LogP contribution < -0.4 is 0 Å². The highest BCUT2D eigenvalue weighted by molar-refractivity contribution is 6.08. The molecule has 104 valence electrons. The number of aryl methyl sites for hydroxylation is 1. The number of ketones is 2. The van der Waals surface area contributed by atoms with E-state index in [2.05, 4.69) is 26.8 Å². The molecule has 0 atom stereocenters. The minimum atomic E-state index is -0.0201. The van der Waals surface area contributed by atoms with Crippen molar-refractivity contribution >= 4 is 11.6 Å².